The van der Waals surface area contributed by atoms with E-state index in [0.717, 1.165) is 35.9 Å². The number of aromatic nitrogens is 2. The van der Waals surface area contributed by atoms with Crippen LogP contribution in [0.3, 0.4) is 0 Å². The lowest BCUT2D eigenvalue weighted by Gasteiger charge is -2.04. The van der Waals surface area contributed by atoms with Crippen LogP contribution in [-0.4, -0.2) is 15.8 Å². The van der Waals surface area contributed by atoms with Gasteiger partial charge in [0.2, 0.25) is 0 Å². The monoisotopic (exact) mass is 247 g/mol. The van der Waals surface area contributed by atoms with Gasteiger partial charge in [-0.05, 0) is 26.0 Å². The molecule has 0 saturated carbocycles. The standard InChI is InChI=1S/C14H21N3O/c1-5-17-9-13(11(4)16-17)14-7-6-12(18-14)8-15-10(2)3/h6-7,9-10,15H,5,8H2,1-4H3. The Balaban J connectivity index is 2.15. The SMILES string of the molecule is CCn1cc(-c2ccc(CNC(C)C)o2)c(C)n1. The third-order valence-electron chi connectivity index (χ3n) is 2.88. The quantitative estimate of drug-likeness (QED) is 0.883. The van der Waals surface area contributed by atoms with Gasteiger partial charge in [-0.2, -0.15) is 5.10 Å². The van der Waals surface area contributed by atoms with Crippen molar-refractivity contribution in [2.24, 2.45) is 0 Å². The Hall–Kier alpha value is -1.55. The van der Waals surface area contributed by atoms with Gasteiger partial charge in [-0.1, -0.05) is 13.8 Å². The van der Waals surface area contributed by atoms with Gasteiger partial charge in [-0.15, -0.1) is 0 Å². The Kier molecular flexibility index (Phi) is 3.87. The first-order valence-corrected chi connectivity index (χ1v) is 6.46. The second-order valence-corrected chi connectivity index (χ2v) is 4.79. The smallest absolute Gasteiger partial charge is 0.137 e. The largest absolute Gasteiger partial charge is 0.460 e. The van der Waals surface area contributed by atoms with Crippen molar-refractivity contribution >= 4 is 0 Å². The number of hydrogen-bond donors (Lipinski definition) is 1. The number of nitrogens with zero attached hydrogens (tertiary/aromatic N) is 2. The van der Waals surface area contributed by atoms with Gasteiger partial charge in [-0.3, -0.25) is 4.68 Å². The van der Waals surface area contributed by atoms with E-state index in [1.165, 1.54) is 0 Å². The third kappa shape index (κ3) is 2.82. The second-order valence-electron chi connectivity index (χ2n) is 4.79. The summed E-state index contributed by atoms with van der Waals surface area (Å²) >= 11 is 0. The molecule has 1 N–H and O–H groups in total. The van der Waals surface area contributed by atoms with E-state index >= 15 is 0 Å². The molecule has 4 nitrogen and oxygen atoms in total. The third-order valence-corrected chi connectivity index (χ3v) is 2.88. The van der Waals surface area contributed by atoms with E-state index < -0.39 is 0 Å². The topological polar surface area (TPSA) is 43.0 Å². The first-order chi connectivity index (χ1) is 8.60. The molecule has 0 bridgehead atoms. The van der Waals surface area contributed by atoms with Crippen molar-refractivity contribution in [2.75, 3.05) is 0 Å². The zero-order chi connectivity index (χ0) is 13.1. The Bertz CT molecular complexity index is 511. The van der Waals surface area contributed by atoms with E-state index in [1.807, 2.05) is 29.9 Å². The molecule has 2 aromatic rings. The van der Waals surface area contributed by atoms with Crippen LogP contribution in [-0.2, 0) is 13.1 Å². The summed E-state index contributed by atoms with van der Waals surface area (Å²) in [6, 6.07) is 4.50. The lowest BCUT2D eigenvalue weighted by atomic mass is 10.2. The van der Waals surface area contributed by atoms with Crippen LogP contribution >= 0.6 is 0 Å². The van der Waals surface area contributed by atoms with Crippen molar-refractivity contribution in [1.82, 2.24) is 15.1 Å². The summed E-state index contributed by atoms with van der Waals surface area (Å²) in [5.74, 6) is 1.86. The summed E-state index contributed by atoms with van der Waals surface area (Å²) < 4.78 is 7.77. The molecule has 0 aromatic carbocycles. The van der Waals surface area contributed by atoms with Crippen LogP contribution in [0.25, 0.3) is 11.3 Å². The average Bonchev–Trinajstić information content (AvgIpc) is 2.92. The van der Waals surface area contributed by atoms with E-state index in [-0.39, 0.29) is 0 Å². The summed E-state index contributed by atoms with van der Waals surface area (Å²) in [5.41, 5.74) is 2.09. The van der Waals surface area contributed by atoms with Crippen molar-refractivity contribution in [1.29, 1.82) is 0 Å². The molecule has 0 fully saturated rings. The molecule has 18 heavy (non-hydrogen) atoms. The predicted octanol–water partition coefficient (Wildman–Crippen LogP) is 2.97. The molecule has 2 aromatic heterocycles. The van der Waals surface area contributed by atoms with Crippen LogP contribution in [0.5, 0.6) is 0 Å². The molecule has 4 heteroatoms. The van der Waals surface area contributed by atoms with Crippen molar-refractivity contribution in [3.05, 3.63) is 29.8 Å². The normalized spacial score (nSPS) is 11.4. The van der Waals surface area contributed by atoms with Gasteiger partial charge in [-0.25, -0.2) is 0 Å². The van der Waals surface area contributed by atoms with E-state index in [0.29, 0.717) is 6.04 Å². The molecular formula is C14H21N3O. The van der Waals surface area contributed by atoms with Gasteiger partial charge < -0.3 is 9.73 Å². The van der Waals surface area contributed by atoms with E-state index in [4.69, 9.17) is 4.42 Å². The van der Waals surface area contributed by atoms with Gasteiger partial charge in [0, 0.05) is 18.8 Å². The van der Waals surface area contributed by atoms with Crippen molar-refractivity contribution < 1.29 is 4.42 Å². The summed E-state index contributed by atoms with van der Waals surface area (Å²) in [6.07, 6.45) is 2.04. The van der Waals surface area contributed by atoms with Gasteiger partial charge in [0.25, 0.3) is 0 Å². The molecule has 0 radical (unpaired) electrons. The maximum absolute atomic E-state index is 5.84. The van der Waals surface area contributed by atoms with Crippen LogP contribution in [0.4, 0.5) is 0 Å². The average molecular weight is 247 g/mol. The van der Waals surface area contributed by atoms with Crippen LogP contribution in [0.1, 0.15) is 32.2 Å². The molecule has 0 atom stereocenters. The Morgan fingerprint density at radius 2 is 2.17 bits per heavy atom. The summed E-state index contributed by atoms with van der Waals surface area (Å²) in [7, 11) is 0. The molecule has 2 heterocycles. The molecule has 0 saturated heterocycles. The molecule has 0 aliphatic heterocycles. The highest BCUT2D eigenvalue weighted by molar-refractivity contribution is 5.59. The zero-order valence-corrected chi connectivity index (χ0v) is 11.5. The lowest BCUT2D eigenvalue weighted by Crippen LogP contribution is -2.21. The highest BCUT2D eigenvalue weighted by Gasteiger charge is 2.11. The Morgan fingerprint density at radius 1 is 1.39 bits per heavy atom. The number of rotatable bonds is 5. The van der Waals surface area contributed by atoms with Gasteiger partial charge in [0.05, 0.1) is 17.8 Å². The fourth-order valence-electron chi connectivity index (χ4n) is 1.84. The number of furan rings is 1. The molecule has 0 aliphatic rings. The predicted molar refractivity (Wildman–Crippen MR) is 72.3 cm³/mol. The van der Waals surface area contributed by atoms with Gasteiger partial charge in [0.15, 0.2) is 0 Å². The fourth-order valence-corrected chi connectivity index (χ4v) is 1.84. The van der Waals surface area contributed by atoms with Crippen molar-refractivity contribution in [3.63, 3.8) is 0 Å². The fraction of sp³-hybridized carbons (Fsp3) is 0.500. The molecule has 0 aliphatic carbocycles. The lowest BCUT2D eigenvalue weighted by molar-refractivity contribution is 0.473. The minimum atomic E-state index is 0.461. The molecule has 98 valence electrons. The number of hydrogen-bond acceptors (Lipinski definition) is 3. The Morgan fingerprint density at radius 3 is 2.78 bits per heavy atom. The van der Waals surface area contributed by atoms with Crippen LogP contribution in [0, 0.1) is 6.92 Å². The highest BCUT2D eigenvalue weighted by atomic mass is 16.3. The van der Waals surface area contributed by atoms with Crippen LogP contribution in [0.15, 0.2) is 22.7 Å². The maximum atomic E-state index is 5.84. The molecule has 0 amide bonds. The number of nitrogens with one attached hydrogen (secondary N) is 1. The number of aryl methyl sites for hydroxylation is 2. The van der Waals surface area contributed by atoms with E-state index in [1.54, 1.807) is 0 Å². The Labute approximate surface area is 108 Å². The first kappa shape index (κ1) is 12.9. The summed E-state index contributed by atoms with van der Waals surface area (Å²) in [4.78, 5) is 0. The zero-order valence-electron chi connectivity index (χ0n) is 11.5. The van der Waals surface area contributed by atoms with Gasteiger partial charge in [0.1, 0.15) is 11.5 Å². The second kappa shape index (κ2) is 5.40. The summed E-state index contributed by atoms with van der Waals surface area (Å²) in [6.45, 7) is 9.98. The molecule has 0 spiro atoms. The summed E-state index contributed by atoms with van der Waals surface area (Å²) in [5, 5.41) is 7.77. The minimum Gasteiger partial charge on any atom is -0.460 e. The van der Waals surface area contributed by atoms with E-state index in [2.05, 4.69) is 31.2 Å². The molecule has 0 unspecified atom stereocenters. The maximum Gasteiger partial charge on any atom is 0.137 e. The minimum absolute atomic E-state index is 0.461. The van der Waals surface area contributed by atoms with Crippen molar-refractivity contribution in [2.45, 2.75) is 46.8 Å². The van der Waals surface area contributed by atoms with E-state index in [9.17, 15) is 0 Å². The van der Waals surface area contributed by atoms with Gasteiger partial charge >= 0.3 is 0 Å². The van der Waals surface area contributed by atoms with Crippen LogP contribution in [0.2, 0.25) is 0 Å². The highest BCUT2D eigenvalue weighted by Crippen LogP contribution is 2.24. The molecular weight excluding hydrogens is 226 g/mol. The van der Waals surface area contributed by atoms with Crippen molar-refractivity contribution in [3.8, 4) is 11.3 Å². The van der Waals surface area contributed by atoms with Crippen LogP contribution < -0.4 is 5.32 Å². The first-order valence-electron chi connectivity index (χ1n) is 6.46. The molecule has 2 rings (SSSR count).